The molecule has 1 aromatic heterocycles. The van der Waals surface area contributed by atoms with E-state index in [0.29, 0.717) is 6.42 Å². The first-order valence-electron chi connectivity index (χ1n) is 6.41. The van der Waals surface area contributed by atoms with Gasteiger partial charge in [0.2, 0.25) is 0 Å². The quantitative estimate of drug-likeness (QED) is 0.806. The molecule has 0 saturated heterocycles. The molecule has 1 rings (SSSR count). The van der Waals surface area contributed by atoms with E-state index < -0.39 is 23.5 Å². The lowest BCUT2D eigenvalue weighted by atomic mass is 10.0. The third kappa shape index (κ3) is 3.94. The van der Waals surface area contributed by atoms with Gasteiger partial charge in [0.1, 0.15) is 11.6 Å². The molecule has 110 valence electrons. The number of nitrogens with zero attached hydrogens (tertiary/aromatic N) is 1. The van der Waals surface area contributed by atoms with Crippen LogP contribution >= 0.6 is 0 Å². The van der Waals surface area contributed by atoms with Gasteiger partial charge >= 0.3 is 5.97 Å². The molecular formula is C14H20N2O4. The van der Waals surface area contributed by atoms with Gasteiger partial charge in [0.05, 0.1) is 7.11 Å². The number of rotatable bonds is 5. The Morgan fingerprint density at radius 2 is 2.05 bits per heavy atom. The predicted octanol–water partition coefficient (Wildman–Crippen LogP) is 0.703. The largest absolute Gasteiger partial charge is 0.467 e. The first-order valence-corrected chi connectivity index (χ1v) is 6.41. The summed E-state index contributed by atoms with van der Waals surface area (Å²) in [6.45, 7) is 3.87. The van der Waals surface area contributed by atoms with Crippen LogP contribution in [0.4, 0.5) is 0 Å². The molecule has 0 spiro atoms. The van der Waals surface area contributed by atoms with E-state index in [0.717, 1.165) is 0 Å². The highest BCUT2D eigenvalue weighted by atomic mass is 16.5. The Morgan fingerprint density at radius 1 is 1.40 bits per heavy atom. The molecule has 1 aromatic rings. The van der Waals surface area contributed by atoms with Crippen molar-refractivity contribution in [2.45, 2.75) is 26.3 Å². The Bertz CT molecular complexity index is 548. The molecule has 0 radical (unpaired) electrons. The Kier molecular flexibility index (Phi) is 5.49. The molecule has 1 N–H and O–H groups in total. The van der Waals surface area contributed by atoms with Gasteiger partial charge in [-0.25, -0.2) is 4.79 Å². The number of pyridine rings is 1. The van der Waals surface area contributed by atoms with Crippen molar-refractivity contribution in [2.75, 3.05) is 7.11 Å². The van der Waals surface area contributed by atoms with Crippen molar-refractivity contribution in [3.63, 3.8) is 0 Å². The maximum absolute atomic E-state index is 12.1. The normalized spacial score (nSPS) is 12.1. The fourth-order valence-corrected chi connectivity index (χ4v) is 1.83. The Morgan fingerprint density at radius 3 is 2.60 bits per heavy atom. The van der Waals surface area contributed by atoms with E-state index in [1.54, 1.807) is 19.3 Å². The van der Waals surface area contributed by atoms with E-state index in [1.807, 2.05) is 13.8 Å². The number of hydrogen-bond acceptors (Lipinski definition) is 4. The molecule has 1 atom stereocenters. The van der Waals surface area contributed by atoms with E-state index in [4.69, 9.17) is 0 Å². The van der Waals surface area contributed by atoms with E-state index >= 15 is 0 Å². The number of carbonyl (C=O) groups excluding carboxylic acids is 2. The van der Waals surface area contributed by atoms with Crippen molar-refractivity contribution in [2.24, 2.45) is 13.0 Å². The van der Waals surface area contributed by atoms with Gasteiger partial charge in [-0.3, -0.25) is 9.59 Å². The van der Waals surface area contributed by atoms with Crippen molar-refractivity contribution in [3.8, 4) is 0 Å². The molecule has 1 heterocycles. The average molecular weight is 280 g/mol. The summed E-state index contributed by atoms with van der Waals surface area (Å²) in [7, 11) is 2.83. The van der Waals surface area contributed by atoms with E-state index in [2.05, 4.69) is 10.1 Å². The standard InChI is InChI=1S/C14H20N2O4/c1-9(2)8-11(14(19)20-4)15-12(17)10-6-5-7-16(3)13(10)18/h5-7,9,11H,8H2,1-4H3,(H,15,17)/t11-/m0/s1. The lowest BCUT2D eigenvalue weighted by Gasteiger charge is -2.18. The van der Waals surface area contributed by atoms with Crippen LogP contribution in [0.1, 0.15) is 30.6 Å². The molecule has 0 unspecified atom stereocenters. The van der Waals surface area contributed by atoms with Crippen LogP contribution in [0.2, 0.25) is 0 Å². The van der Waals surface area contributed by atoms with Crippen molar-refractivity contribution in [1.29, 1.82) is 0 Å². The predicted molar refractivity (Wildman–Crippen MR) is 74.4 cm³/mol. The highest BCUT2D eigenvalue weighted by molar-refractivity contribution is 5.96. The van der Waals surface area contributed by atoms with Gasteiger partial charge in [-0.15, -0.1) is 0 Å². The number of esters is 1. The van der Waals surface area contributed by atoms with Crippen LogP contribution < -0.4 is 10.9 Å². The molecule has 0 bridgehead atoms. The molecule has 0 aliphatic heterocycles. The summed E-state index contributed by atoms with van der Waals surface area (Å²) in [6.07, 6.45) is 2.01. The van der Waals surface area contributed by atoms with E-state index in [-0.39, 0.29) is 11.5 Å². The van der Waals surface area contributed by atoms with Crippen LogP contribution in [0.3, 0.4) is 0 Å². The average Bonchev–Trinajstić information content (AvgIpc) is 2.39. The molecule has 6 heteroatoms. The minimum atomic E-state index is -0.752. The SMILES string of the molecule is COC(=O)[C@H](CC(C)C)NC(=O)c1cccn(C)c1=O. The fraction of sp³-hybridized carbons (Fsp3) is 0.500. The number of amides is 1. The third-order valence-electron chi connectivity index (χ3n) is 2.87. The number of aryl methyl sites for hydroxylation is 1. The Balaban J connectivity index is 2.93. The van der Waals surface area contributed by atoms with Gasteiger partial charge < -0.3 is 14.6 Å². The van der Waals surface area contributed by atoms with Gasteiger partial charge in [0.15, 0.2) is 0 Å². The van der Waals surface area contributed by atoms with Gasteiger partial charge in [0.25, 0.3) is 11.5 Å². The van der Waals surface area contributed by atoms with Crippen LogP contribution in [0.5, 0.6) is 0 Å². The van der Waals surface area contributed by atoms with Crippen LogP contribution in [0.15, 0.2) is 23.1 Å². The zero-order valence-electron chi connectivity index (χ0n) is 12.2. The second-order valence-corrected chi connectivity index (χ2v) is 5.02. The lowest BCUT2D eigenvalue weighted by molar-refractivity contribution is -0.143. The first kappa shape index (κ1) is 15.9. The molecule has 0 fully saturated rings. The van der Waals surface area contributed by atoms with Gasteiger partial charge in [0, 0.05) is 13.2 Å². The van der Waals surface area contributed by atoms with Crippen molar-refractivity contribution >= 4 is 11.9 Å². The smallest absolute Gasteiger partial charge is 0.328 e. The molecule has 0 aliphatic rings. The van der Waals surface area contributed by atoms with E-state index in [9.17, 15) is 14.4 Å². The van der Waals surface area contributed by atoms with Crippen LogP contribution in [-0.4, -0.2) is 29.6 Å². The van der Waals surface area contributed by atoms with E-state index in [1.165, 1.54) is 17.7 Å². The molecule has 1 amide bonds. The maximum atomic E-state index is 12.1. The summed E-state index contributed by atoms with van der Waals surface area (Å²) in [5.74, 6) is -0.875. The Hall–Kier alpha value is -2.11. The lowest BCUT2D eigenvalue weighted by Crippen LogP contribution is -2.44. The molecule has 0 saturated carbocycles. The number of carbonyl (C=O) groups is 2. The molecular weight excluding hydrogens is 260 g/mol. The fourth-order valence-electron chi connectivity index (χ4n) is 1.83. The minimum Gasteiger partial charge on any atom is -0.467 e. The van der Waals surface area contributed by atoms with Gasteiger partial charge in [-0.2, -0.15) is 0 Å². The second-order valence-electron chi connectivity index (χ2n) is 5.02. The maximum Gasteiger partial charge on any atom is 0.328 e. The molecule has 6 nitrogen and oxygen atoms in total. The monoisotopic (exact) mass is 280 g/mol. The second kappa shape index (κ2) is 6.88. The highest BCUT2D eigenvalue weighted by Crippen LogP contribution is 2.07. The topological polar surface area (TPSA) is 77.4 Å². The number of methoxy groups -OCH3 is 1. The molecule has 0 aromatic carbocycles. The van der Waals surface area contributed by atoms with Crippen molar-refractivity contribution in [1.82, 2.24) is 9.88 Å². The van der Waals surface area contributed by atoms with Crippen LogP contribution in [0.25, 0.3) is 0 Å². The minimum absolute atomic E-state index is 0.00709. The summed E-state index contributed by atoms with van der Waals surface area (Å²) in [5, 5.41) is 2.56. The zero-order valence-corrected chi connectivity index (χ0v) is 12.2. The number of aromatic nitrogens is 1. The highest BCUT2D eigenvalue weighted by Gasteiger charge is 2.24. The summed E-state index contributed by atoms with van der Waals surface area (Å²) in [6, 6.07) is 2.28. The first-order chi connectivity index (χ1) is 9.36. The number of ether oxygens (including phenoxy) is 1. The summed E-state index contributed by atoms with van der Waals surface area (Å²) >= 11 is 0. The van der Waals surface area contributed by atoms with Gasteiger partial charge in [-0.05, 0) is 24.5 Å². The summed E-state index contributed by atoms with van der Waals surface area (Å²) in [4.78, 5) is 35.6. The van der Waals surface area contributed by atoms with Crippen LogP contribution in [-0.2, 0) is 16.6 Å². The number of hydrogen-bond donors (Lipinski definition) is 1. The zero-order chi connectivity index (χ0) is 15.3. The van der Waals surface area contributed by atoms with Crippen molar-refractivity contribution in [3.05, 3.63) is 34.2 Å². The summed E-state index contributed by atoms with van der Waals surface area (Å²) in [5.41, 5.74) is -0.397. The molecule has 20 heavy (non-hydrogen) atoms. The van der Waals surface area contributed by atoms with Gasteiger partial charge in [-0.1, -0.05) is 13.8 Å². The third-order valence-corrected chi connectivity index (χ3v) is 2.87. The van der Waals surface area contributed by atoms with Crippen LogP contribution in [0, 0.1) is 5.92 Å². The Labute approximate surface area is 117 Å². The summed E-state index contributed by atoms with van der Waals surface area (Å²) < 4.78 is 5.98. The molecule has 0 aliphatic carbocycles. The van der Waals surface area contributed by atoms with Crippen molar-refractivity contribution < 1.29 is 14.3 Å². The number of nitrogens with one attached hydrogen (secondary N) is 1.